The van der Waals surface area contributed by atoms with Gasteiger partial charge >= 0.3 is 6.01 Å². The number of anilines is 2. The van der Waals surface area contributed by atoms with Gasteiger partial charge in [0.25, 0.3) is 0 Å². The number of rotatable bonds is 6. The summed E-state index contributed by atoms with van der Waals surface area (Å²) in [6.45, 7) is 5.96. The zero-order chi connectivity index (χ0) is 21.1. The molecule has 4 aromatic rings. The highest BCUT2D eigenvalue weighted by Gasteiger charge is 2.14. The van der Waals surface area contributed by atoms with Crippen molar-refractivity contribution in [3.8, 4) is 23.0 Å². The van der Waals surface area contributed by atoms with Crippen molar-refractivity contribution in [1.82, 2.24) is 15.2 Å². The fourth-order valence-electron chi connectivity index (χ4n) is 2.98. The molecule has 2 aromatic carbocycles. The van der Waals surface area contributed by atoms with E-state index in [2.05, 4.69) is 20.5 Å². The maximum Gasteiger partial charge on any atom is 0.321 e. The molecule has 7 nitrogen and oxygen atoms in total. The predicted octanol–water partition coefficient (Wildman–Crippen LogP) is 5.09. The van der Waals surface area contributed by atoms with E-state index in [-0.39, 0.29) is 11.8 Å². The standard InChI is InChI=1S/C23H22N4O3/c1-14-15(2)21(24-16(3)20(14)28)25-23-27-26-22(30-23)18-9-11-19(12-10-18)29-13-17-7-5-4-6-8-17/h4-12,28H,13H2,1-3H3,(H,24,25,27). The van der Waals surface area contributed by atoms with Gasteiger partial charge in [-0.3, -0.25) is 5.32 Å². The normalized spacial score (nSPS) is 10.8. The van der Waals surface area contributed by atoms with E-state index in [0.29, 0.717) is 24.0 Å². The Morgan fingerprint density at radius 2 is 1.67 bits per heavy atom. The molecular formula is C23H22N4O3. The largest absolute Gasteiger partial charge is 0.506 e. The number of aromatic hydroxyl groups is 1. The minimum Gasteiger partial charge on any atom is -0.506 e. The first kappa shape index (κ1) is 19.4. The molecule has 2 N–H and O–H groups in total. The molecule has 0 aliphatic rings. The first-order valence-electron chi connectivity index (χ1n) is 9.55. The number of aryl methyl sites for hydroxylation is 1. The van der Waals surface area contributed by atoms with Gasteiger partial charge in [-0.05, 0) is 61.7 Å². The van der Waals surface area contributed by atoms with Gasteiger partial charge in [0.15, 0.2) is 0 Å². The summed E-state index contributed by atoms with van der Waals surface area (Å²) in [5.74, 6) is 1.91. The van der Waals surface area contributed by atoms with Crippen molar-refractivity contribution in [2.75, 3.05) is 5.32 Å². The number of hydrogen-bond acceptors (Lipinski definition) is 7. The van der Waals surface area contributed by atoms with Crippen LogP contribution in [0.4, 0.5) is 11.8 Å². The van der Waals surface area contributed by atoms with Gasteiger partial charge in [0, 0.05) is 5.56 Å². The summed E-state index contributed by atoms with van der Waals surface area (Å²) in [7, 11) is 0. The lowest BCUT2D eigenvalue weighted by Crippen LogP contribution is -2.01. The molecular weight excluding hydrogens is 380 g/mol. The third-order valence-electron chi connectivity index (χ3n) is 4.90. The first-order valence-corrected chi connectivity index (χ1v) is 9.55. The first-order chi connectivity index (χ1) is 14.5. The van der Waals surface area contributed by atoms with Crippen LogP contribution in [0.1, 0.15) is 22.4 Å². The van der Waals surface area contributed by atoms with Gasteiger partial charge in [-0.2, -0.15) is 0 Å². The third-order valence-corrected chi connectivity index (χ3v) is 4.90. The van der Waals surface area contributed by atoms with Crippen molar-refractivity contribution in [3.63, 3.8) is 0 Å². The molecule has 2 heterocycles. The minimum absolute atomic E-state index is 0.193. The van der Waals surface area contributed by atoms with Crippen LogP contribution in [-0.2, 0) is 6.61 Å². The molecule has 0 aliphatic heterocycles. The van der Waals surface area contributed by atoms with Gasteiger partial charge in [-0.1, -0.05) is 35.4 Å². The van der Waals surface area contributed by atoms with E-state index in [1.54, 1.807) is 6.92 Å². The summed E-state index contributed by atoms with van der Waals surface area (Å²) < 4.78 is 11.5. The monoisotopic (exact) mass is 402 g/mol. The van der Waals surface area contributed by atoms with E-state index in [4.69, 9.17) is 9.15 Å². The summed E-state index contributed by atoms with van der Waals surface area (Å²) in [6.07, 6.45) is 0. The quantitative estimate of drug-likeness (QED) is 0.464. The summed E-state index contributed by atoms with van der Waals surface area (Å²) in [5.41, 5.74) is 4.00. The van der Waals surface area contributed by atoms with Crippen molar-refractivity contribution >= 4 is 11.8 Å². The molecule has 0 saturated heterocycles. The van der Waals surface area contributed by atoms with Crippen LogP contribution < -0.4 is 10.1 Å². The third kappa shape index (κ3) is 4.10. The number of hydrogen-bond donors (Lipinski definition) is 2. The molecule has 2 aromatic heterocycles. The number of pyridine rings is 1. The molecule has 0 atom stereocenters. The molecule has 0 aliphatic carbocycles. The Morgan fingerprint density at radius 1 is 0.933 bits per heavy atom. The molecule has 0 radical (unpaired) electrons. The second kappa shape index (κ2) is 8.24. The lowest BCUT2D eigenvalue weighted by molar-refractivity contribution is 0.306. The number of nitrogens with one attached hydrogen (secondary N) is 1. The molecule has 0 saturated carbocycles. The second-order valence-electron chi connectivity index (χ2n) is 6.98. The van der Waals surface area contributed by atoms with Crippen LogP contribution in [0, 0.1) is 20.8 Å². The Morgan fingerprint density at radius 3 is 2.40 bits per heavy atom. The van der Waals surface area contributed by atoms with Gasteiger partial charge in [0.2, 0.25) is 5.89 Å². The van der Waals surface area contributed by atoms with Gasteiger partial charge in [-0.15, -0.1) is 5.10 Å². The summed E-state index contributed by atoms with van der Waals surface area (Å²) in [4.78, 5) is 4.36. The number of ether oxygens (including phenoxy) is 1. The van der Waals surface area contributed by atoms with Crippen molar-refractivity contribution in [2.24, 2.45) is 0 Å². The Hall–Kier alpha value is -3.87. The van der Waals surface area contributed by atoms with Gasteiger partial charge in [-0.25, -0.2) is 4.98 Å². The summed E-state index contributed by atoms with van der Waals surface area (Å²) in [5, 5.41) is 21.2. The van der Waals surface area contributed by atoms with Gasteiger partial charge < -0.3 is 14.3 Å². The van der Waals surface area contributed by atoms with Crippen molar-refractivity contribution in [2.45, 2.75) is 27.4 Å². The van der Waals surface area contributed by atoms with E-state index < -0.39 is 0 Å². The van der Waals surface area contributed by atoms with Crippen LogP contribution in [0.5, 0.6) is 11.5 Å². The van der Waals surface area contributed by atoms with Crippen LogP contribution in [0.3, 0.4) is 0 Å². The van der Waals surface area contributed by atoms with Crippen molar-refractivity contribution in [1.29, 1.82) is 0 Å². The second-order valence-corrected chi connectivity index (χ2v) is 6.98. The highest BCUT2D eigenvalue weighted by molar-refractivity contribution is 5.60. The number of benzene rings is 2. The number of nitrogens with zero attached hydrogens (tertiary/aromatic N) is 3. The Bertz CT molecular complexity index is 1160. The zero-order valence-corrected chi connectivity index (χ0v) is 17.0. The lowest BCUT2D eigenvalue weighted by atomic mass is 10.1. The topological polar surface area (TPSA) is 93.3 Å². The molecule has 0 spiro atoms. The Kier molecular flexibility index (Phi) is 5.34. The van der Waals surface area contributed by atoms with Crippen molar-refractivity contribution < 1.29 is 14.3 Å². The van der Waals surface area contributed by atoms with E-state index >= 15 is 0 Å². The molecule has 0 amide bonds. The summed E-state index contributed by atoms with van der Waals surface area (Å²) in [6, 6.07) is 17.7. The maximum atomic E-state index is 10.0. The average Bonchev–Trinajstić information content (AvgIpc) is 3.24. The highest BCUT2D eigenvalue weighted by Crippen LogP contribution is 2.30. The molecule has 152 valence electrons. The fraction of sp³-hybridized carbons (Fsp3) is 0.174. The lowest BCUT2D eigenvalue weighted by Gasteiger charge is -2.11. The zero-order valence-electron chi connectivity index (χ0n) is 17.0. The summed E-state index contributed by atoms with van der Waals surface area (Å²) >= 11 is 0. The van der Waals surface area contributed by atoms with Gasteiger partial charge in [0.05, 0.1) is 5.69 Å². The molecule has 30 heavy (non-hydrogen) atoms. The van der Waals surface area contributed by atoms with Crippen LogP contribution >= 0.6 is 0 Å². The van der Waals surface area contributed by atoms with Crippen LogP contribution in [0.2, 0.25) is 0 Å². The number of aromatic nitrogens is 3. The minimum atomic E-state index is 0.193. The molecule has 4 rings (SSSR count). The van der Waals surface area contributed by atoms with Crippen LogP contribution in [0.15, 0.2) is 59.0 Å². The van der Waals surface area contributed by atoms with E-state index in [0.717, 1.165) is 28.0 Å². The fourth-order valence-corrected chi connectivity index (χ4v) is 2.98. The maximum absolute atomic E-state index is 10.0. The van der Waals surface area contributed by atoms with Crippen molar-refractivity contribution in [3.05, 3.63) is 77.0 Å². The Balaban J connectivity index is 1.45. The predicted molar refractivity (Wildman–Crippen MR) is 114 cm³/mol. The molecule has 0 unspecified atom stereocenters. The molecule has 7 heteroatoms. The Labute approximate surface area is 174 Å². The molecule has 0 bridgehead atoms. The SMILES string of the molecule is Cc1nc(Nc2nnc(-c3ccc(OCc4ccccc4)cc3)o2)c(C)c(C)c1O. The average molecular weight is 402 g/mol. The molecule has 0 fully saturated rings. The van der Waals surface area contributed by atoms with Gasteiger partial charge in [0.1, 0.15) is 23.9 Å². The van der Waals surface area contributed by atoms with E-state index in [9.17, 15) is 5.11 Å². The van der Waals surface area contributed by atoms with Crippen LogP contribution in [0.25, 0.3) is 11.5 Å². The smallest absolute Gasteiger partial charge is 0.321 e. The van der Waals surface area contributed by atoms with E-state index in [1.165, 1.54) is 0 Å². The van der Waals surface area contributed by atoms with Crippen LogP contribution in [-0.4, -0.2) is 20.3 Å². The highest BCUT2D eigenvalue weighted by atomic mass is 16.5. The van der Waals surface area contributed by atoms with E-state index in [1.807, 2.05) is 68.4 Å².